The number of amides is 1. The molecule has 2 aromatic heterocycles. The predicted octanol–water partition coefficient (Wildman–Crippen LogP) is 3.60. The fourth-order valence-corrected chi connectivity index (χ4v) is 4.18. The van der Waals surface area contributed by atoms with E-state index in [0.29, 0.717) is 18.8 Å². The van der Waals surface area contributed by atoms with Crippen molar-refractivity contribution in [2.75, 3.05) is 13.1 Å². The molecule has 1 fully saturated rings. The first kappa shape index (κ1) is 17.7. The molecule has 0 radical (unpaired) electrons. The molecule has 4 rings (SSSR count). The van der Waals surface area contributed by atoms with E-state index >= 15 is 0 Å². The number of hydrogen-bond acceptors (Lipinski definition) is 3. The molecule has 1 aromatic carbocycles. The van der Waals surface area contributed by atoms with Gasteiger partial charge in [-0.2, -0.15) is 5.10 Å². The fraction of sp³-hybridized carbons (Fsp3) is 0.409. The van der Waals surface area contributed by atoms with Crippen LogP contribution in [0.3, 0.4) is 0 Å². The van der Waals surface area contributed by atoms with Crippen LogP contribution in [0, 0.1) is 20.8 Å². The van der Waals surface area contributed by atoms with Gasteiger partial charge in [0.1, 0.15) is 0 Å². The normalized spacial score (nSPS) is 17.0. The molecule has 0 spiro atoms. The number of rotatable bonds is 4. The van der Waals surface area contributed by atoms with Crippen LogP contribution in [0.5, 0.6) is 0 Å². The highest BCUT2D eigenvalue weighted by Gasteiger charge is 2.27. The maximum atomic E-state index is 12.8. The third kappa shape index (κ3) is 3.46. The quantitative estimate of drug-likeness (QED) is 0.712. The molecule has 1 aliphatic heterocycles. The van der Waals surface area contributed by atoms with Crippen LogP contribution in [-0.2, 0) is 11.2 Å². The zero-order valence-electron chi connectivity index (χ0n) is 16.3. The van der Waals surface area contributed by atoms with Crippen molar-refractivity contribution >= 4 is 11.6 Å². The Bertz CT molecular complexity index is 977. The Balaban J connectivity index is 1.43. The highest BCUT2D eigenvalue weighted by Crippen LogP contribution is 2.27. The van der Waals surface area contributed by atoms with Crippen molar-refractivity contribution in [1.82, 2.24) is 19.5 Å². The van der Waals surface area contributed by atoms with Gasteiger partial charge in [-0.1, -0.05) is 30.3 Å². The van der Waals surface area contributed by atoms with Gasteiger partial charge in [-0.05, 0) is 44.7 Å². The van der Waals surface area contributed by atoms with Crippen molar-refractivity contribution in [1.29, 1.82) is 0 Å². The summed E-state index contributed by atoms with van der Waals surface area (Å²) in [6.07, 6.45) is 2.29. The maximum Gasteiger partial charge on any atom is 0.222 e. The maximum absolute atomic E-state index is 12.8. The molecule has 0 unspecified atom stereocenters. The molecule has 27 heavy (non-hydrogen) atoms. The molecule has 0 bridgehead atoms. The second-order valence-corrected chi connectivity index (χ2v) is 7.55. The molecule has 1 saturated heterocycles. The van der Waals surface area contributed by atoms with Gasteiger partial charge in [-0.25, -0.2) is 9.50 Å². The molecule has 3 heterocycles. The molecule has 1 atom stereocenters. The lowest BCUT2D eigenvalue weighted by molar-refractivity contribution is -0.130. The second kappa shape index (κ2) is 7.14. The Morgan fingerprint density at radius 2 is 1.96 bits per heavy atom. The molecule has 0 N–H and O–H groups in total. The lowest BCUT2D eigenvalue weighted by Crippen LogP contribution is -2.28. The van der Waals surface area contributed by atoms with Crippen LogP contribution in [-0.4, -0.2) is 38.5 Å². The van der Waals surface area contributed by atoms with Crippen molar-refractivity contribution in [3.63, 3.8) is 0 Å². The van der Waals surface area contributed by atoms with Gasteiger partial charge in [-0.3, -0.25) is 4.79 Å². The van der Waals surface area contributed by atoms with Crippen molar-refractivity contribution < 1.29 is 4.79 Å². The number of carbonyl (C=O) groups is 1. The highest BCUT2D eigenvalue weighted by molar-refractivity contribution is 5.77. The van der Waals surface area contributed by atoms with Gasteiger partial charge in [0.25, 0.3) is 0 Å². The smallest absolute Gasteiger partial charge is 0.222 e. The van der Waals surface area contributed by atoms with Gasteiger partial charge < -0.3 is 4.90 Å². The number of likely N-dealkylation sites (tertiary alicyclic amines) is 1. The van der Waals surface area contributed by atoms with E-state index in [0.717, 1.165) is 47.8 Å². The third-order valence-electron chi connectivity index (χ3n) is 5.69. The van der Waals surface area contributed by atoms with E-state index in [1.165, 1.54) is 5.56 Å². The number of hydrogen-bond donors (Lipinski definition) is 0. The summed E-state index contributed by atoms with van der Waals surface area (Å²) in [5, 5.41) is 4.52. The summed E-state index contributed by atoms with van der Waals surface area (Å²) in [5.41, 5.74) is 6.39. The number of aryl methyl sites for hydroxylation is 3. The fourth-order valence-electron chi connectivity index (χ4n) is 4.18. The molecule has 1 aliphatic rings. The second-order valence-electron chi connectivity index (χ2n) is 7.55. The summed E-state index contributed by atoms with van der Waals surface area (Å²) in [6.45, 7) is 7.75. The molecule has 1 amide bonds. The minimum Gasteiger partial charge on any atom is -0.342 e. The average molecular weight is 362 g/mol. The standard InChI is InChI=1S/C22H26N4O/c1-15-13-21-23-16(2)20(17(3)26(21)24-15)9-10-22(27)25-12-11-19(14-25)18-7-5-4-6-8-18/h4-8,13,19H,9-12,14H2,1-3H3/t19-/m0/s1. The Morgan fingerprint density at radius 3 is 2.74 bits per heavy atom. The average Bonchev–Trinajstić information content (AvgIpc) is 3.29. The summed E-state index contributed by atoms with van der Waals surface area (Å²) in [4.78, 5) is 19.4. The Morgan fingerprint density at radius 1 is 1.19 bits per heavy atom. The van der Waals surface area contributed by atoms with E-state index < -0.39 is 0 Å². The van der Waals surface area contributed by atoms with Gasteiger partial charge in [-0.15, -0.1) is 0 Å². The van der Waals surface area contributed by atoms with E-state index in [-0.39, 0.29) is 5.91 Å². The van der Waals surface area contributed by atoms with Gasteiger partial charge in [0, 0.05) is 42.9 Å². The Labute approximate surface area is 160 Å². The minimum absolute atomic E-state index is 0.240. The van der Waals surface area contributed by atoms with Crippen LogP contribution in [0.25, 0.3) is 5.65 Å². The van der Waals surface area contributed by atoms with Gasteiger partial charge >= 0.3 is 0 Å². The first-order valence-corrected chi connectivity index (χ1v) is 9.68. The summed E-state index contributed by atoms with van der Waals surface area (Å²) in [6, 6.07) is 12.5. The zero-order chi connectivity index (χ0) is 19.0. The summed E-state index contributed by atoms with van der Waals surface area (Å²) in [5.74, 6) is 0.702. The molecule has 0 saturated carbocycles. The minimum atomic E-state index is 0.240. The molecular weight excluding hydrogens is 336 g/mol. The molecule has 5 heteroatoms. The number of carbonyl (C=O) groups excluding carboxylic acids is 1. The van der Waals surface area contributed by atoms with Crippen LogP contribution in [0.4, 0.5) is 0 Å². The first-order valence-electron chi connectivity index (χ1n) is 9.68. The van der Waals surface area contributed by atoms with E-state index in [4.69, 9.17) is 0 Å². The van der Waals surface area contributed by atoms with Crippen molar-refractivity contribution in [2.45, 2.75) is 46.0 Å². The third-order valence-corrected chi connectivity index (χ3v) is 5.69. The van der Waals surface area contributed by atoms with Gasteiger partial charge in [0.2, 0.25) is 5.91 Å². The lowest BCUT2D eigenvalue weighted by Gasteiger charge is -2.18. The highest BCUT2D eigenvalue weighted by atomic mass is 16.2. The Kier molecular flexibility index (Phi) is 4.68. The number of benzene rings is 1. The van der Waals surface area contributed by atoms with E-state index in [1.54, 1.807) is 0 Å². The first-order chi connectivity index (χ1) is 13.0. The Hall–Kier alpha value is -2.69. The molecule has 140 valence electrons. The molecule has 0 aliphatic carbocycles. The van der Waals surface area contributed by atoms with Crippen molar-refractivity contribution in [2.24, 2.45) is 0 Å². The summed E-state index contributed by atoms with van der Waals surface area (Å²) in [7, 11) is 0. The SMILES string of the molecule is Cc1cc2nc(C)c(CCC(=O)N3CC[C@H](c4ccccc4)C3)c(C)n2n1. The van der Waals surface area contributed by atoms with Crippen LogP contribution >= 0.6 is 0 Å². The summed E-state index contributed by atoms with van der Waals surface area (Å²) >= 11 is 0. The number of aromatic nitrogens is 3. The van der Waals surface area contributed by atoms with E-state index in [9.17, 15) is 4.79 Å². The predicted molar refractivity (Wildman–Crippen MR) is 106 cm³/mol. The van der Waals surface area contributed by atoms with E-state index in [2.05, 4.69) is 41.3 Å². The van der Waals surface area contributed by atoms with Crippen LogP contribution in [0.2, 0.25) is 0 Å². The number of fused-ring (bicyclic) bond motifs is 1. The van der Waals surface area contributed by atoms with E-state index in [1.807, 2.05) is 35.4 Å². The zero-order valence-corrected chi connectivity index (χ0v) is 16.3. The molecule has 3 aromatic rings. The number of nitrogens with zero attached hydrogens (tertiary/aromatic N) is 4. The molecular formula is C22H26N4O. The van der Waals surface area contributed by atoms with Gasteiger partial charge in [0.15, 0.2) is 5.65 Å². The lowest BCUT2D eigenvalue weighted by atomic mass is 9.99. The van der Waals surface area contributed by atoms with Crippen molar-refractivity contribution in [3.05, 3.63) is 64.6 Å². The summed E-state index contributed by atoms with van der Waals surface area (Å²) < 4.78 is 1.89. The topological polar surface area (TPSA) is 50.5 Å². The molecule has 5 nitrogen and oxygen atoms in total. The monoisotopic (exact) mass is 362 g/mol. The van der Waals surface area contributed by atoms with Crippen LogP contribution in [0.15, 0.2) is 36.4 Å². The van der Waals surface area contributed by atoms with Crippen LogP contribution in [0.1, 0.15) is 47.0 Å². The largest absolute Gasteiger partial charge is 0.342 e. The van der Waals surface area contributed by atoms with Crippen molar-refractivity contribution in [3.8, 4) is 0 Å². The van der Waals surface area contributed by atoms with Crippen LogP contribution < -0.4 is 0 Å². The van der Waals surface area contributed by atoms with Gasteiger partial charge in [0.05, 0.1) is 5.69 Å².